The Labute approximate surface area is 83.8 Å². The number of aromatic nitrogens is 2. The van der Waals surface area contributed by atoms with Gasteiger partial charge in [-0.15, -0.1) is 0 Å². The van der Waals surface area contributed by atoms with Gasteiger partial charge in [-0.3, -0.25) is 4.68 Å². The van der Waals surface area contributed by atoms with Gasteiger partial charge < -0.3 is 5.32 Å². The number of rotatable bonds is 2. The molecule has 1 aromatic heterocycles. The van der Waals surface area contributed by atoms with Gasteiger partial charge in [0, 0.05) is 13.6 Å². The third-order valence-corrected chi connectivity index (χ3v) is 2.07. The lowest BCUT2D eigenvalue weighted by Gasteiger charge is -2.06. The highest BCUT2D eigenvalue weighted by Crippen LogP contribution is 2.35. The summed E-state index contributed by atoms with van der Waals surface area (Å²) in [7, 11) is 2.83. The van der Waals surface area contributed by atoms with Gasteiger partial charge in [-0.2, -0.15) is 18.3 Å². The minimum absolute atomic E-state index is 0.198. The summed E-state index contributed by atoms with van der Waals surface area (Å²) in [6.45, 7) is 0.211. The van der Waals surface area contributed by atoms with Crippen LogP contribution in [0.1, 0.15) is 11.4 Å². The van der Waals surface area contributed by atoms with Crippen LogP contribution in [-0.2, 0) is 19.8 Å². The molecule has 3 nitrogen and oxygen atoms in total. The number of hydrogen-bond acceptors (Lipinski definition) is 2. The molecule has 0 saturated heterocycles. The lowest BCUT2D eigenvalue weighted by molar-refractivity contribution is -0.143. The second-order valence-corrected chi connectivity index (χ2v) is 3.14. The van der Waals surface area contributed by atoms with Crippen molar-refractivity contribution in [3.05, 3.63) is 16.4 Å². The van der Waals surface area contributed by atoms with Crippen molar-refractivity contribution in [3.63, 3.8) is 0 Å². The Balaban J connectivity index is 3.18. The maximum absolute atomic E-state index is 12.4. The Hall–Kier alpha value is -0.750. The molecule has 0 atom stereocenters. The third kappa shape index (κ3) is 2.01. The highest BCUT2D eigenvalue weighted by Gasteiger charge is 2.38. The molecule has 0 saturated carbocycles. The van der Waals surface area contributed by atoms with E-state index in [-0.39, 0.29) is 17.3 Å². The van der Waals surface area contributed by atoms with Crippen LogP contribution in [0.4, 0.5) is 13.2 Å². The quantitative estimate of drug-likeness (QED) is 0.835. The average molecular weight is 228 g/mol. The maximum atomic E-state index is 12.4. The van der Waals surface area contributed by atoms with E-state index in [2.05, 4.69) is 10.4 Å². The summed E-state index contributed by atoms with van der Waals surface area (Å²) in [5.41, 5.74) is -0.714. The molecule has 0 aliphatic heterocycles. The van der Waals surface area contributed by atoms with Gasteiger partial charge in [-0.25, -0.2) is 0 Å². The Kier molecular flexibility index (Phi) is 3.06. The first-order valence-corrected chi connectivity index (χ1v) is 4.19. The Bertz CT molecular complexity index is 332. The molecular formula is C7H9ClF3N3. The van der Waals surface area contributed by atoms with Crippen LogP contribution >= 0.6 is 11.6 Å². The zero-order valence-corrected chi connectivity index (χ0v) is 8.37. The van der Waals surface area contributed by atoms with Gasteiger partial charge in [0.2, 0.25) is 0 Å². The number of halogens is 4. The lowest BCUT2D eigenvalue weighted by atomic mass is 10.3. The van der Waals surface area contributed by atoms with Gasteiger partial charge in [0.15, 0.2) is 5.69 Å². The van der Waals surface area contributed by atoms with E-state index < -0.39 is 11.9 Å². The maximum Gasteiger partial charge on any atom is 0.434 e. The summed E-state index contributed by atoms with van der Waals surface area (Å²) < 4.78 is 37.9. The van der Waals surface area contributed by atoms with Crippen LogP contribution in [-0.4, -0.2) is 16.8 Å². The largest absolute Gasteiger partial charge is 0.434 e. The Morgan fingerprint density at radius 1 is 1.50 bits per heavy atom. The van der Waals surface area contributed by atoms with Gasteiger partial charge >= 0.3 is 6.18 Å². The molecule has 1 N–H and O–H groups in total. The second kappa shape index (κ2) is 3.78. The average Bonchev–Trinajstić information content (AvgIpc) is 2.26. The van der Waals surface area contributed by atoms with Crippen LogP contribution in [0.2, 0.25) is 5.02 Å². The first-order chi connectivity index (χ1) is 6.38. The first kappa shape index (κ1) is 11.3. The summed E-state index contributed by atoms with van der Waals surface area (Å²) >= 11 is 5.55. The van der Waals surface area contributed by atoms with Crippen molar-refractivity contribution < 1.29 is 13.2 Å². The van der Waals surface area contributed by atoms with Gasteiger partial charge in [0.1, 0.15) is 0 Å². The molecule has 1 aromatic rings. The summed E-state index contributed by atoms with van der Waals surface area (Å²) in [4.78, 5) is 0. The Morgan fingerprint density at radius 2 is 2.07 bits per heavy atom. The molecule has 80 valence electrons. The smallest absolute Gasteiger partial charge is 0.314 e. The number of alkyl halides is 3. The van der Waals surface area contributed by atoms with E-state index in [0.29, 0.717) is 0 Å². The highest BCUT2D eigenvalue weighted by molar-refractivity contribution is 6.32. The molecule has 0 fully saturated rings. The number of nitrogens with zero attached hydrogens (tertiary/aromatic N) is 2. The van der Waals surface area contributed by atoms with Crippen LogP contribution in [0.5, 0.6) is 0 Å². The monoisotopic (exact) mass is 227 g/mol. The van der Waals surface area contributed by atoms with E-state index in [1.807, 2.05) is 0 Å². The molecule has 0 spiro atoms. The molecule has 14 heavy (non-hydrogen) atoms. The van der Waals surface area contributed by atoms with Crippen LogP contribution in [0.15, 0.2) is 0 Å². The number of aryl methyl sites for hydroxylation is 1. The molecule has 0 bridgehead atoms. The predicted octanol–water partition coefficient (Wildman–Crippen LogP) is 1.81. The molecule has 1 rings (SSSR count). The topological polar surface area (TPSA) is 29.9 Å². The fourth-order valence-electron chi connectivity index (χ4n) is 1.14. The fourth-order valence-corrected chi connectivity index (χ4v) is 1.48. The van der Waals surface area contributed by atoms with E-state index >= 15 is 0 Å². The SMILES string of the molecule is CNCc1nn(C)c(C(F)(F)F)c1Cl. The zero-order valence-electron chi connectivity index (χ0n) is 7.61. The molecule has 0 aliphatic carbocycles. The molecule has 0 aromatic carbocycles. The molecule has 1 heterocycles. The van der Waals surface area contributed by atoms with Crippen molar-refractivity contribution in [2.45, 2.75) is 12.7 Å². The van der Waals surface area contributed by atoms with Crippen LogP contribution in [0.3, 0.4) is 0 Å². The predicted molar refractivity (Wildman–Crippen MR) is 46.0 cm³/mol. The summed E-state index contributed by atoms with van der Waals surface area (Å²) in [6.07, 6.45) is -4.47. The number of nitrogens with one attached hydrogen (secondary N) is 1. The van der Waals surface area contributed by atoms with Gasteiger partial charge in [-0.1, -0.05) is 11.6 Å². The standard InChI is InChI=1S/C7H9ClF3N3/c1-12-3-4-5(8)6(7(9,10)11)14(2)13-4/h12H,3H2,1-2H3. The van der Waals surface area contributed by atoms with Gasteiger partial charge in [0.05, 0.1) is 10.7 Å². The molecule has 0 aliphatic rings. The van der Waals surface area contributed by atoms with Crippen LogP contribution in [0, 0.1) is 0 Å². The molecule has 0 unspecified atom stereocenters. The van der Waals surface area contributed by atoms with E-state index in [0.717, 1.165) is 4.68 Å². The zero-order chi connectivity index (χ0) is 10.9. The normalized spacial score (nSPS) is 12.1. The van der Waals surface area contributed by atoms with E-state index in [9.17, 15) is 13.2 Å². The van der Waals surface area contributed by atoms with Gasteiger partial charge in [-0.05, 0) is 7.05 Å². The van der Waals surface area contributed by atoms with E-state index in [4.69, 9.17) is 11.6 Å². The van der Waals surface area contributed by atoms with Crippen LogP contribution in [0.25, 0.3) is 0 Å². The van der Waals surface area contributed by atoms with E-state index in [1.165, 1.54) is 7.05 Å². The summed E-state index contributed by atoms with van der Waals surface area (Å²) in [5, 5.41) is 6.02. The van der Waals surface area contributed by atoms with Crippen molar-refractivity contribution in [2.24, 2.45) is 7.05 Å². The van der Waals surface area contributed by atoms with Crippen molar-refractivity contribution in [1.29, 1.82) is 0 Å². The summed E-state index contributed by atoms with van der Waals surface area (Å²) in [6, 6.07) is 0. The minimum atomic E-state index is -4.47. The number of hydrogen-bond donors (Lipinski definition) is 1. The van der Waals surface area contributed by atoms with Crippen molar-refractivity contribution in [3.8, 4) is 0 Å². The van der Waals surface area contributed by atoms with Crippen molar-refractivity contribution in [1.82, 2.24) is 15.1 Å². The minimum Gasteiger partial charge on any atom is -0.314 e. The lowest BCUT2D eigenvalue weighted by Crippen LogP contribution is -2.12. The first-order valence-electron chi connectivity index (χ1n) is 3.81. The Morgan fingerprint density at radius 3 is 2.43 bits per heavy atom. The van der Waals surface area contributed by atoms with Crippen LogP contribution < -0.4 is 5.32 Å². The van der Waals surface area contributed by atoms with Crippen molar-refractivity contribution in [2.75, 3.05) is 7.05 Å². The highest BCUT2D eigenvalue weighted by atomic mass is 35.5. The van der Waals surface area contributed by atoms with Crippen molar-refractivity contribution >= 4 is 11.6 Å². The molecule has 0 radical (unpaired) electrons. The third-order valence-electron chi connectivity index (χ3n) is 1.67. The van der Waals surface area contributed by atoms with Gasteiger partial charge in [0.25, 0.3) is 0 Å². The fraction of sp³-hybridized carbons (Fsp3) is 0.571. The molecule has 7 heteroatoms. The van der Waals surface area contributed by atoms with E-state index in [1.54, 1.807) is 7.05 Å². The molecular weight excluding hydrogens is 219 g/mol. The second-order valence-electron chi connectivity index (χ2n) is 2.76. The molecule has 0 amide bonds. The summed E-state index contributed by atoms with van der Waals surface area (Å²) in [5.74, 6) is 0.